The molecule has 0 bridgehead atoms. The van der Waals surface area contributed by atoms with Crippen LogP contribution in [0, 0.1) is 10.1 Å². The minimum atomic E-state index is -3.89. The highest BCUT2D eigenvalue weighted by molar-refractivity contribution is 8.00. The number of hydrogen-bond donors (Lipinski definition) is 1. The summed E-state index contributed by atoms with van der Waals surface area (Å²) in [5, 5.41) is 11.2. The Morgan fingerprint density at radius 2 is 2.20 bits per heavy atom. The average molecular weight is 317 g/mol. The molecular formula is C11H15N3O4S2. The number of nitrogens with zero attached hydrogens (tertiary/aromatic N) is 2. The second-order valence-corrected chi connectivity index (χ2v) is 7.98. The molecule has 2 N–H and O–H groups in total. The topological polar surface area (TPSA) is 107 Å². The molecule has 0 aliphatic carbocycles. The zero-order chi connectivity index (χ0) is 14.9. The van der Waals surface area contributed by atoms with Gasteiger partial charge >= 0.3 is 0 Å². The summed E-state index contributed by atoms with van der Waals surface area (Å²) in [6, 6.07) is 3.61. The van der Waals surface area contributed by atoms with Crippen LogP contribution in [0.1, 0.15) is 6.92 Å². The zero-order valence-corrected chi connectivity index (χ0v) is 12.5. The Bertz CT molecular complexity index is 633. The van der Waals surface area contributed by atoms with Gasteiger partial charge in [-0.05, 0) is 12.1 Å². The molecule has 20 heavy (non-hydrogen) atoms. The van der Waals surface area contributed by atoms with Crippen molar-refractivity contribution in [1.29, 1.82) is 0 Å². The number of rotatable bonds is 3. The highest BCUT2D eigenvalue weighted by Gasteiger charge is 2.34. The Hall–Kier alpha value is -1.32. The van der Waals surface area contributed by atoms with Gasteiger partial charge in [0.25, 0.3) is 5.69 Å². The van der Waals surface area contributed by atoms with E-state index < -0.39 is 20.6 Å². The average Bonchev–Trinajstić information content (AvgIpc) is 2.38. The lowest BCUT2D eigenvalue weighted by Gasteiger charge is -2.29. The predicted molar refractivity (Wildman–Crippen MR) is 78.2 cm³/mol. The summed E-state index contributed by atoms with van der Waals surface area (Å²) in [6.45, 7) is 2.63. The quantitative estimate of drug-likeness (QED) is 0.511. The van der Waals surface area contributed by atoms with Crippen LogP contribution in [0.15, 0.2) is 23.1 Å². The number of nitro groups is 1. The van der Waals surface area contributed by atoms with Crippen LogP contribution in [0.3, 0.4) is 0 Å². The normalized spacial score (nSPS) is 20.8. The summed E-state index contributed by atoms with van der Waals surface area (Å²) in [5.74, 6) is 0.677. The minimum absolute atomic E-state index is 0.165. The Kier molecular flexibility index (Phi) is 4.21. The molecule has 0 radical (unpaired) electrons. The molecule has 1 atom stereocenters. The van der Waals surface area contributed by atoms with Crippen molar-refractivity contribution in [2.24, 2.45) is 0 Å². The predicted octanol–water partition coefficient (Wildman–Crippen LogP) is 1.30. The molecule has 0 aromatic heterocycles. The molecule has 7 nitrogen and oxygen atoms in total. The lowest BCUT2D eigenvalue weighted by molar-refractivity contribution is -0.387. The van der Waals surface area contributed by atoms with Gasteiger partial charge in [0, 0.05) is 35.8 Å². The van der Waals surface area contributed by atoms with Crippen molar-refractivity contribution in [2.45, 2.75) is 17.1 Å². The number of nitrogen functional groups attached to an aromatic ring is 1. The first-order valence-electron chi connectivity index (χ1n) is 5.98. The van der Waals surface area contributed by atoms with Crippen molar-refractivity contribution in [3.63, 3.8) is 0 Å². The maximum Gasteiger partial charge on any atom is 0.289 e. The number of hydrogen-bond acceptors (Lipinski definition) is 6. The molecule has 1 fully saturated rings. The largest absolute Gasteiger partial charge is 0.399 e. The van der Waals surface area contributed by atoms with Gasteiger partial charge in [-0.1, -0.05) is 6.92 Å². The van der Waals surface area contributed by atoms with Crippen molar-refractivity contribution in [1.82, 2.24) is 4.31 Å². The summed E-state index contributed by atoms with van der Waals surface area (Å²) >= 11 is 1.68. The number of nitro benzene ring substituents is 1. The van der Waals surface area contributed by atoms with Gasteiger partial charge in [0.05, 0.1) is 4.92 Å². The Morgan fingerprint density at radius 3 is 2.80 bits per heavy atom. The molecule has 1 aromatic rings. The minimum Gasteiger partial charge on any atom is -0.399 e. The smallest absolute Gasteiger partial charge is 0.289 e. The number of sulfonamides is 1. The van der Waals surface area contributed by atoms with Crippen LogP contribution in [0.2, 0.25) is 0 Å². The summed E-state index contributed by atoms with van der Waals surface area (Å²) in [5.41, 5.74) is 5.32. The molecule has 1 unspecified atom stereocenters. The van der Waals surface area contributed by atoms with E-state index in [-0.39, 0.29) is 15.8 Å². The van der Waals surface area contributed by atoms with Crippen molar-refractivity contribution >= 4 is 33.2 Å². The molecule has 1 aliphatic heterocycles. The fraction of sp³-hybridized carbons (Fsp3) is 0.455. The van der Waals surface area contributed by atoms with Crippen molar-refractivity contribution in [3.05, 3.63) is 28.3 Å². The molecule has 1 saturated heterocycles. The summed E-state index contributed by atoms with van der Waals surface area (Å²) in [7, 11) is -3.89. The lowest BCUT2D eigenvalue weighted by atomic mass is 10.3. The third-order valence-electron chi connectivity index (χ3n) is 3.00. The fourth-order valence-corrected chi connectivity index (χ4v) is 4.98. The van der Waals surface area contributed by atoms with Crippen molar-refractivity contribution < 1.29 is 13.3 Å². The Labute approximate surface area is 121 Å². The first kappa shape index (κ1) is 15.1. The molecule has 2 rings (SSSR count). The van der Waals surface area contributed by atoms with E-state index in [0.717, 1.165) is 12.1 Å². The standard InChI is InChI=1S/C11H15N3O4S2/c1-8-7-13(4-5-19-8)20(17,18)11-6-9(12)2-3-10(11)14(15)16/h2-3,6,8H,4-5,7,12H2,1H3. The molecule has 9 heteroatoms. The molecule has 110 valence electrons. The van der Waals surface area contributed by atoms with Gasteiger partial charge in [-0.15, -0.1) is 0 Å². The summed E-state index contributed by atoms with van der Waals surface area (Å²) < 4.78 is 26.4. The third-order valence-corrected chi connectivity index (χ3v) is 6.03. The van der Waals surface area contributed by atoms with Gasteiger partial charge in [0.1, 0.15) is 0 Å². The van der Waals surface area contributed by atoms with Gasteiger partial charge in [-0.2, -0.15) is 16.1 Å². The fourth-order valence-electron chi connectivity index (χ4n) is 2.03. The number of nitrogens with two attached hydrogens (primary N) is 1. The first-order valence-corrected chi connectivity index (χ1v) is 8.47. The number of thioether (sulfide) groups is 1. The van der Waals surface area contributed by atoms with E-state index in [1.807, 2.05) is 6.92 Å². The highest BCUT2D eigenvalue weighted by Crippen LogP contribution is 2.31. The van der Waals surface area contributed by atoms with Gasteiger partial charge in [-0.3, -0.25) is 10.1 Å². The highest BCUT2D eigenvalue weighted by atomic mass is 32.2. The molecule has 0 amide bonds. The number of benzene rings is 1. The van der Waals surface area contributed by atoms with Crippen molar-refractivity contribution in [3.8, 4) is 0 Å². The molecule has 0 spiro atoms. The van der Waals surface area contributed by atoms with E-state index in [9.17, 15) is 18.5 Å². The van der Waals surface area contributed by atoms with Crippen molar-refractivity contribution in [2.75, 3.05) is 24.6 Å². The Morgan fingerprint density at radius 1 is 1.50 bits per heavy atom. The Balaban J connectivity index is 2.48. The van der Waals surface area contributed by atoms with E-state index in [1.54, 1.807) is 11.8 Å². The zero-order valence-electron chi connectivity index (χ0n) is 10.9. The van der Waals surface area contributed by atoms with Crippen LogP contribution in [-0.2, 0) is 10.0 Å². The SMILES string of the molecule is CC1CN(S(=O)(=O)c2cc(N)ccc2[N+](=O)[O-])CCS1. The van der Waals surface area contributed by atoms with Crippen LogP contribution in [-0.4, -0.2) is 41.7 Å². The van der Waals surface area contributed by atoms with Crippen LogP contribution in [0.25, 0.3) is 0 Å². The molecule has 1 aromatic carbocycles. The second kappa shape index (κ2) is 5.58. The van der Waals surface area contributed by atoms with E-state index >= 15 is 0 Å². The summed E-state index contributed by atoms with van der Waals surface area (Å²) in [6.07, 6.45) is 0. The van der Waals surface area contributed by atoms with Gasteiger partial charge in [0.2, 0.25) is 10.0 Å². The monoisotopic (exact) mass is 317 g/mol. The molecule has 1 aliphatic rings. The van der Waals surface area contributed by atoms with E-state index in [0.29, 0.717) is 18.8 Å². The third kappa shape index (κ3) is 2.89. The number of anilines is 1. The molecule has 0 saturated carbocycles. The van der Waals surface area contributed by atoms with Crippen LogP contribution >= 0.6 is 11.8 Å². The lowest BCUT2D eigenvalue weighted by Crippen LogP contribution is -2.41. The first-order chi connectivity index (χ1) is 9.32. The van der Waals surface area contributed by atoms with E-state index in [2.05, 4.69) is 0 Å². The van der Waals surface area contributed by atoms with Gasteiger partial charge in [0.15, 0.2) is 4.90 Å². The molecular weight excluding hydrogens is 302 g/mol. The second-order valence-electron chi connectivity index (χ2n) is 4.53. The molecule has 1 heterocycles. The van der Waals surface area contributed by atoms with E-state index in [1.165, 1.54) is 10.4 Å². The maximum absolute atomic E-state index is 12.6. The van der Waals surface area contributed by atoms with Crippen LogP contribution in [0.4, 0.5) is 11.4 Å². The van der Waals surface area contributed by atoms with E-state index in [4.69, 9.17) is 5.73 Å². The maximum atomic E-state index is 12.6. The van der Waals surface area contributed by atoms with Crippen LogP contribution in [0.5, 0.6) is 0 Å². The van der Waals surface area contributed by atoms with Crippen LogP contribution < -0.4 is 5.73 Å². The van der Waals surface area contributed by atoms with Gasteiger partial charge in [-0.25, -0.2) is 8.42 Å². The summed E-state index contributed by atoms with van der Waals surface area (Å²) in [4.78, 5) is 9.97. The van der Waals surface area contributed by atoms with Gasteiger partial charge < -0.3 is 5.73 Å².